The molecule has 0 saturated heterocycles. The summed E-state index contributed by atoms with van der Waals surface area (Å²) in [5, 5.41) is 0. The van der Waals surface area contributed by atoms with Gasteiger partial charge in [0.1, 0.15) is 0 Å². The van der Waals surface area contributed by atoms with Gasteiger partial charge in [0.15, 0.2) is 0 Å². The van der Waals surface area contributed by atoms with Gasteiger partial charge in [0, 0.05) is 0 Å². The number of rotatable bonds is 24. The minimum absolute atomic E-state index is 0. The second-order valence-corrected chi connectivity index (χ2v) is 9.89. The largest absolute Gasteiger partial charge is 0.324 e. The van der Waals surface area contributed by atoms with Gasteiger partial charge in [-0.15, -0.1) is 48.0 Å². The zero-order valence-corrected chi connectivity index (χ0v) is 26.9. The Kier molecular flexibility index (Phi) is 35.1. The summed E-state index contributed by atoms with van der Waals surface area (Å²) in [6, 6.07) is 0. The zero-order chi connectivity index (χ0) is 21.5. The van der Waals surface area contributed by atoms with Gasteiger partial charge in [-0.1, -0.05) is 105 Å². The van der Waals surface area contributed by atoms with Crippen LogP contribution < -0.4 is 0 Å². The van der Waals surface area contributed by atoms with E-state index in [-0.39, 0.29) is 48.0 Å². The van der Waals surface area contributed by atoms with Crippen LogP contribution in [-0.2, 0) is 0 Å². The zero-order valence-electron chi connectivity index (χ0n) is 22.2. The molecule has 31 heavy (non-hydrogen) atoms. The molecule has 0 radical (unpaired) electrons. The van der Waals surface area contributed by atoms with Crippen molar-refractivity contribution in [2.45, 2.75) is 156 Å². The predicted molar refractivity (Wildman–Crippen MR) is 166 cm³/mol. The van der Waals surface area contributed by atoms with Crippen LogP contribution in [0.1, 0.15) is 156 Å². The summed E-state index contributed by atoms with van der Waals surface area (Å²) in [4.78, 5) is 0. The topological polar surface area (TPSA) is 0 Å². The van der Waals surface area contributed by atoms with Gasteiger partial charge in [-0.3, -0.25) is 0 Å². The van der Waals surface area contributed by atoms with E-state index < -0.39 is 0 Å². The van der Waals surface area contributed by atoms with Crippen molar-refractivity contribution in [2.75, 3.05) is 26.2 Å². The van der Waals surface area contributed by atoms with E-state index in [1.807, 2.05) is 0 Å². The molecule has 0 aliphatic heterocycles. The normalized spacial score (nSPS) is 11.2. The SMILES string of the molecule is CCCCCCC[N+](CCCCCCC)(CCCCCCC)CCCCCCC.I.I. The number of unbranched alkanes of at least 4 members (excludes halogenated alkanes) is 16. The average molecular weight is 667 g/mol. The Bertz CT molecular complexity index is 248. The van der Waals surface area contributed by atoms with E-state index >= 15 is 0 Å². The van der Waals surface area contributed by atoms with Gasteiger partial charge in [-0.25, -0.2) is 0 Å². The predicted octanol–water partition coefficient (Wildman–Crippen LogP) is 10.9. The third-order valence-corrected chi connectivity index (χ3v) is 6.94. The van der Waals surface area contributed by atoms with Gasteiger partial charge < -0.3 is 4.48 Å². The number of hydrogen-bond donors (Lipinski definition) is 0. The van der Waals surface area contributed by atoms with Crippen LogP contribution in [0.15, 0.2) is 0 Å². The smallest absolute Gasteiger partial charge is 0.0786 e. The molecule has 0 bridgehead atoms. The Hall–Kier alpha value is 1.42. The fraction of sp³-hybridized carbons (Fsp3) is 1.00. The molecule has 0 rings (SSSR count). The van der Waals surface area contributed by atoms with Gasteiger partial charge in [0.25, 0.3) is 0 Å². The van der Waals surface area contributed by atoms with Crippen molar-refractivity contribution in [3.05, 3.63) is 0 Å². The lowest BCUT2D eigenvalue weighted by Gasteiger charge is -2.39. The van der Waals surface area contributed by atoms with E-state index in [1.165, 1.54) is 159 Å². The van der Waals surface area contributed by atoms with Crippen molar-refractivity contribution in [1.82, 2.24) is 0 Å². The first kappa shape index (κ1) is 37.0. The van der Waals surface area contributed by atoms with Crippen LogP contribution in [0.4, 0.5) is 0 Å². The highest BCUT2D eigenvalue weighted by atomic mass is 127. The molecule has 0 unspecified atom stereocenters. The standard InChI is InChI=1S/C28H60N.2HI/c1-5-9-13-17-21-25-29(26-22-18-14-10-6-2,27-23-19-15-11-7-3)28-24-20-16-12-8-4;;/h5-28H2,1-4H3;2*1H/q+1;;. The maximum atomic E-state index is 2.34. The molecule has 0 spiro atoms. The third kappa shape index (κ3) is 24.3. The van der Waals surface area contributed by atoms with E-state index in [0.29, 0.717) is 0 Å². The summed E-state index contributed by atoms with van der Waals surface area (Å²) in [6.07, 6.45) is 28.8. The van der Waals surface area contributed by atoms with Crippen molar-refractivity contribution < 1.29 is 4.48 Å². The summed E-state index contributed by atoms with van der Waals surface area (Å²) in [5.41, 5.74) is 0. The van der Waals surface area contributed by atoms with Crippen LogP contribution in [-0.4, -0.2) is 30.7 Å². The molecule has 192 valence electrons. The monoisotopic (exact) mass is 666 g/mol. The molecule has 0 N–H and O–H groups in total. The summed E-state index contributed by atoms with van der Waals surface area (Å²) in [6.45, 7) is 15.2. The van der Waals surface area contributed by atoms with Crippen molar-refractivity contribution in [1.29, 1.82) is 0 Å². The molecule has 3 heteroatoms. The highest BCUT2D eigenvalue weighted by Crippen LogP contribution is 2.20. The van der Waals surface area contributed by atoms with Gasteiger partial charge >= 0.3 is 0 Å². The Morgan fingerprint density at radius 1 is 0.290 bits per heavy atom. The van der Waals surface area contributed by atoms with E-state index in [4.69, 9.17) is 0 Å². The Balaban J connectivity index is -0.00000392. The molecule has 0 aliphatic rings. The number of quaternary nitrogens is 1. The molecular weight excluding hydrogens is 604 g/mol. The van der Waals surface area contributed by atoms with E-state index in [9.17, 15) is 0 Å². The summed E-state index contributed by atoms with van der Waals surface area (Å²) in [5.74, 6) is 0. The fourth-order valence-electron chi connectivity index (χ4n) is 4.87. The molecule has 0 fully saturated rings. The highest BCUT2D eigenvalue weighted by Gasteiger charge is 2.25. The Morgan fingerprint density at radius 3 is 0.677 bits per heavy atom. The molecular formula is C28H62I2N+. The molecule has 0 atom stereocenters. The van der Waals surface area contributed by atoms with E-state index in [2.05, 4.69) is 27.7 Å². The van der Waals surface area contributed by atoms with Crippen LogP contribution in [0.5, 0.6) is 0 Å². The van der Waals surface area contributed by atoms with Crippen LogP contribution in [0.25, 0.3) is 0 Å². The van der Waals surface area contributed by atoms with Crippen molar-refractivity contribution >= 4 is 48.0 Å². The second kappa shape index (κ2) is 29.5. The molecule has 0 saturated carbocycles. The molecule has 1 nitrogen and oxygen atoms in total. The van der Waals surface area contributed by atoms with Gasteiger partial charge in [0.2, 0.25) is 0 Å². The quantitative estimate of drug-likeness (QED) is 0.0547. The maximum Gasteiger partial charge on any atom is 0.0786 e. The first-order valence-electron chi connectivity index (χ1n) is 14.1. The second-order valence-electron chi connectivity index (χ2n) is 9.89. The molecule has 0 aliphatic carbocycles. The lowest BCUT2D eigenvalue weighted by molar-refractivity contribution is -0.929. The molecule has 0 aromatic rings. The summed E-state index contributed by atoms with van der Waals surface area (Å²) >= 11 is 0. The van der Waals surface area contributed by atoms with Crippen molar-refractivity contribution in [2.24, 2.45) is 0 Å². The lowest BCUT2D eigenvalue weighted by Crippen LogP contribution is -2.50. The molecule has 0 amide bonds. The molecule has 0 aromatic carbocycles. The third-order valence-electron chi connectivity index (χ3n) is 6.94. The first-order valence-corrected chi connectivity index (χ1v) is 14.1. The minimum atomic E-state index is 0. The van der Waals surface area contributed by atoms with Crippen molar-refractivity contribution in [3.8, 4) is 0 Å². The number of halogens is 2. The van der Waals surface area contributed by atoms with Crippen molar-refractivity contribution in [3.63, 3.8) is 0 Å². The minimum Gasteiger partial charge on any atom is -0.324 e. The van der Waals surface area contributed by atoms with Crippen LogP contribution in [0, 0.1) is 0 Å². The van der Waals surface area contributed by atoms with Crippen LogP contribution in [0.3, 0.4) is 0 Å². The van der Waals surface area contributed by atoms with E-state index in [0.717, 1.165) is 0 Å². The van der Waals surface area contributed by atoms with Gasteiger partial charge in [-0.2, -0.15) is 0 Å². The van der Waals surface area contributed by atoms with Gasteiger partial charge in [0.05, 0.1) is 26.2 Å². The lowest BCUT2D eigenvalue weighted by atomic mass is 10.1. The summed E-state index contributed by atoms with van der Waals surface area (Å²) in [7, 11) is 0. The highest BCUT2D eigenvalue weighted by molar-refractivity contribution is 14.0. The maximum absolute atomic E-state index is 2.34. The van der Waals surface area contributed by atoms with Crippen LogP contribution >= 0.6 is 48.0 Å². The Labute approximate surface area is 233 Å². The fourth-order valence-corrected chi connectivity index (χ4v) is 4.87. The van der Waals surface area contributed by atoms with Crippen LogP contribution in [0.2, 0.25) is 0 Å². The Morgan fingerprint density at radius 2 is 0.484 bits per heavy atom. The number of nitrogens with zero attached hydrogens (tertiary/aromatic N) is 1. The molecule has 0 heterocycles. The van der Waals surface area contributed by atoms with Gasteiger partial charge in [-0.05, 0) is 51.4 Å². The number of hydrogen-bond acceptors (Lipinski definition) is 0. The molecule has 0 aromatic heterocycles. The summed E-state index contributed by atoms with van der Waals surface area (Å²) < 4.78 is 1.47. The van der Waals surface area contributed by atoms with E-state index in [1.54, 1.807) is 0 Å². The average Bonchev–Trinajstić information content (AvgIpc) is 2.73. The first-order chi connectivity index (χ1) is 14.2.